The van der Waals surface area contributed by atoms with Gasteiger partial charge in [0.25, 0.3) is 0 Å². The lowest BCUT2D eigenvalue weighted by Crippen LogP contribution is -2.61. The van der Waals surface area contributed by atoms with E-state index in [1.807, 2.05) is 37.7 Å². The van der Waals surface area contributed by atoms with Gasteiger partial charge in [0.2, 0.25) is 0 Å². The fourth-order valence-corrected chi connectivity index (χ4v) is 4.22. The van der Waals surface area contributed by atoms with Crippen molar-refractivity contribution in [1.82, 2.24) is 20.6 Å². The van der Waals surface area contributed by atoms with E-state index in [1.54, 1.807) is 0 Å². The molecule has 0 aliphatic carbocycles. The number of hydrogen-bond donors (Lipinski definition) is 5. The Morgan fingerprint density at radius 3 is 2.88 bits per heavy atom. The van der Waals surface area contributed by atoms with Crippen LogP contribution < -0.4 is 21.1 Å². The standard InChI is InChI=1S/C25H28N6O/c1-2-32-20-4-6-23-21(14-20)19(16-30-23)8-11-28-24-29-12-9-25(26,31-24)15-17-3-5-22-18(13-17)7-10-27-22/h3-7,9-10,12-14,16,27,30H,2,8,11,15,26H2,1H3,(H2,28,29,31). The molecule has 0 saturated heterocycles. The normalized spacial score (nSPS) is 19.4. The average Bonchev–Trinajstić information content (AvgIpc) is 3.40. The largest absolute Gasteiger partial charge is 0.494 e. The molecule has 1 unspecified atom stereocenters. The molecule has 2 aromatic heterocycles. The summed E-state index contributed by atoms with van der Waals surface area (Å²) in [4.78, 5) is 11.3. The van der Waals surface area contributed by atoms with Crippen LogP contribution in [0.3, 0.4) is 0 Å². The predicted molar refractivity (Wildman–Crippen MR) is 130 cm³/mol. The second kappa shape index (κ2) is 8.43. The van der Waals surface area contributed by atoms with Crippen molar-refractivity contribution in [2.75, 3.05) is 13.2 Å². The van der Waals surface area contributed by atoms with E-state index in [-0.39, 0.29) is 0 Å². The summed E-state index contributed by atoms with van der Waals surface area (Å²) in [6, 6.07) is 14.6. The van der Waals surface area contributed by atoms with Gasteiger partial charge >= 0.3 is 0 Å². The Labute approximate surface area is 186 Å². The topological polar surface area (TPSA) is 103 Å². The highest BCUT2D eigenvalue weighted by molar-refractivity contribution is 5.85. The Hall–Kier alpha value is -3.71. The maximum atomic E-state index is 6.64. The molecule has 0 spiro atoms. The quantitative estimate of drug-likeness (QED) is 0.311. The van der Waals surface area contributed by atoms with Gasteiger partial charge in [-0.3, -0.25) is 4.99 Å². The summed E-state index contributed by atoms with van der Waals surface area (Å²) in [6.07, 6.45) is 9.28. The molecule has 6 N–H and O–H groups in total. The first-order valence-corrected chi connectivity index (χ1v) is 11.0. The number of rotatable bonds is 7. The number of ether oxygens (including phenoxy) is 1. The van der Waals surface area contributed by atoms with E-state index < -0.39 is 5.66 Å². The molecular weight excluding hydrogens is 400 g/mol. The number of hydrogen-bond acceptors (Lipinski definition) is 3. The van der Waals surface area contributed by atoms with Gasteiger partial charge in [-0.05, 0) is 72.3 Å². The Kier molecular flexibility index (Phi) is 5.33. The van der Waals surface area contributed by atoms with Crippen molar-refractivity contribution >= 4 is 27.8 Å². The van der Waals surface area contributed by atoms with Gasteiger partial charge < -0.3 is 31.1 Å². The summed E-state index contributed by atoms with van der Waals surface area (Å²) < 4.78 is 5.64. The van der Waals surface area contributed by atoms with Crippen LogP contribution in [0.15, 0.2) is 72.1 Å². The molecule has 0 radical (unpaired) electrons. The fraction of sp³-hybridized carbons (Fsp3) is 0.240. The van der Waals surface area contributed by atoms with Gasteiger partial charge in [-0.15, -0.1) is 0 Å². The second-order valence-corrected chi connectivity index (χ2v) is 8.15. The van der Waals surface area contributed by atoms with Crippen molar-refractivity contribution in [3.05, 3.63) is 78.3 Å². The van der Waals surface area contributed by atoms with E-state index in [4.69, 9.17) is 15.5 Å². The molecule has 1 aliphatic heterocycles. The van der Waals surface area contributed by atoms with E-state index in [0.717, 1.165) is 23.2 Å². The number of benzene rings is 2. The molecule has 1 atom stereocenters. The first-order chi connectivity index (χ1) is 15.6. The van der Waals surface area contributed by atoms with Crippen molar-refractivity contribution in [2.45, 2.75) is 25.4 Å². The smallest absolute Gasteiger partial charge is 0.197 e. The van der Waals surface area contributed by atoms with Crippen LogP contribution in [0.5, 0.6) is 5.75 Å². The molecule has 4 aromatic rings. The van der Waals surface area contributed by atoms with Crippen LogP contribution in [0.25, 0.3) is 21.8 Å². The molecule has 7 heteroatoms. The highest BCUT2D eigenvalue weighted by Gasteiger charge is 2.26. The Bertz CT molecular complexity index is 1300. The number of aliphatic imine (C=N–C) groups is 1. The van der Waals surface area contributed by atoms with Gasteiger partial charge in [0.1, 0.15) is 11.4 Å². The average molecular weight is 429 g/mol. The number of H-pyrrole nitrogens is 2. The van der Waals surface area contributed by atoms with Gasteiger partial charge in [0, 0.05) is 48.0 Å². The summed E-state index contributed by atoms with van der Waals surface area (Å²) >= 11 is 0. The second-order valence-electron chi connectivity index (χ2n) is 8.15. The van der Waals surface area contributed by atoms with E-state index in [0.29, 0.717) is 25.5 Å². The third-order valence-corrected chi connectivity index (χ3v) is 5.77. The van der Waals surface area contributed by atoms with Crippen LogP contribution in [0.4, 0.5) is 0 Å². The zero-order chi connectivity index (χ0) is 22.0. The number of nitrogens with zero attached hydrogens (tertiary/aromatic N) is 1. The van der Waals surface area contributed by atoms with E-state index in [9.17, 15) is 0 Å². The number of fused-ring (bicyclic) bond motifs is 2. The van der Waals surface area contributed by atoms with Crippen molar-refractivity contribution in [2.24, 2.45) is 10.7 Å². The molecular formula is C25H28N6O. The summed E-state index contributed by atoms with van der Waals surface area (Å²) in [5, 5.41) is 8.89. The highest BCUT2D eigenvalue weighted by Crippen LogP contribution is 2.24. The zero-order valence-corrected chi connectivity index (χ0v) is 18.1. The first kappa shape index (κ1) is 20.2. The molecule has 0 fully saturated rings. The van der Waals surface area contributed by atoms with Gasteiger partial charge in [-0.2, -0.15) is 0 Å². The van der Waals surface area contributed by atoms with Crippen LogP contribution in [-0.4, -0.2) is 34.7 Å². The minimum absolute atomic E-state index is 0.639. The number of aromatic nitrogens is 2. The van der Waals surface area contributed by atoms with Crippen molar-refractivity contribution in [3.8, 4) is 5.75 Å². The summed E-state index contributed by atoms with van der Waals surface area (Å²) in [6.45, 7) is 3.29. The minimum Gasteiger partial charge on any atom is -0.494 e. The number of guanidine groups is 1. The molecule has 1 aliphatic rings. The molecule has 3 heterocycles. The maximum Gasteiger partial charge on any atom is 0.197 e. The lowest BCUT2D eigenvalue weighted by atomic mass is 9.98. The molecule has 2 aromatic carbocycles. The Morgan fingerprint density at radius 2 is 1.97 bits per heavy atom. The van der Waals surface area contributed by atoms with Crippen LogP contribution >= 0.6 is 0 Å². The molecule has 32 heavy (non-hydrogen) atoms. The number of nitrogens with two attached hydrogens (primary N) is 1. The maximum absolute atomic E-state index is 6.64. The molecule has 0 saturated carbocycles. The van der Waals surface area contributed by atoms with Crippen LogP contribution in [0.1, 0.15) is 18.1 Å². The highest BCUT2D eigenvalue weighted by atomic mass is 16.5. The monoisotopic (exact) mass is 428 g/mol. The molecule has 0 amide bonds. The molecule has 164 valence electrons. The van der Waals surface area contributed by atoms with Crippen LogP contribution in [0, 0.1) is 0 Å². The first-order valence-electron chi connectivity index (χ1n) is 11.0. The van der Waals surface area contributed by atoms with Crippen LogP contribution in [0.2, 0.25) is 0 Å². The third-order valence-electron chi connectivity index (χ3n) is 5.77. The van der Waals surface area contributed by atoms with E-state index >= 15 is 0 Å². The Balaban J connectivity index is 1.25. The third kappa shape index (κ3) is 4.20. The van der Waals surface area contributed by atoms with E-state index in [1.165, 1.54) is 21.9 Å². The zero-order valence-electron chi connectivity index (χ0n) is 18.1. The predicted octanol–water partition coefficient (Wildman–Crippen LogP) is 3.55. The van der Waals surface area contributed by atoms with Crippen molar-refractivity contribution in [1.29, 1.82) is 0 Å². The summed E-state index contributed by atoms with van der Waals surface area (Å²) in [7, 11) is 0. The fourth-order valence-electron chi connectivity index (χ4n) is 4.22. The lowest BCUT2D eigenvalue weighted by Gasteiger charge is -2.32. The molecule has 7 nitrogen and oxygen atoms in total. The lowest BCUT2D eigenvalue weighted by molar-refractivity contribution is 0.340. The summed E-state index contributed by atoms with van der Waals surface area (Å²) in [5.74, 6) is 1.58. The van der Waals surface area contributed by atoms with Gasteiger partial charge in [0.15, 0.2) is 5.96 Å². The number of aromatic amines is 2. The number of nitrogens with one attached hydrogen (secondary N) is 4. The SMILES string of the molecule is CCOc1ccc2[nH]cc(CCN=C3NC=CC(N)(Cc4ccc5[nH]ccc5c4)N3)c2c1. The van der Waals surface area contributed by atoms with Crippen molar-refractivity contribution in [3.63, 3.8) is 0 Å². The van der Waals surface area contributed by atoms with Gasteiger partial charge in [0.05, 0.1) is 6.61 Å². The summed E-state index contributed by atoms with van der Waals surface area (Å²) in [5.41, 5.74) is 10.6. The van der Waals surface area contributed by atoms with Gasteiger partial charge in [-0.1, -0.05) is 6.07 Å². The molecule has 0 bridgehead atoms. The van der Waals surface area contributed by atoms with Crippen LogP contribution in [-0.2, 0) is 12.8 Å². The van der Waals surface area contributed by atoms with E-state index in [2.05, 4.69) is 57.0 Å². The molecule has 5 rings (SSSR count). The van der Waals surface area contributed by atoms with Crippen molar-refractivity contribution < 1.29 is 4.74 Å². The Morgan fingerprint density at radius 1 is 1.06 bits per heavy atom. The minimum atomic E-state index is -0.693. The van der Waals surface area contributed by atoms with Gasteiger partial charge in [-0.25, -0.2) is 0 Å².